The summed E-state index contributed by atoms with van der Waals surface area (Å²) in [7, 11) is 0. The number of hydrogen-bond acceptors (Lipinski definition) is 0. The average molecular weight is 204 g/mol. The molecule has 1 atom stereocenters. The fourth-order valence-electron chi connectivity index (χ4n) is 1.56. The topological polar surface area (TPSA) is 0 Å². The highest BCUT2D eigenvalue weighted by Gasteiger charge is 2.02. The van der Waals surface area contributed by atoms with Gasteiger partial charge in [0.2, 0.25) is 0 Å². The van der Waals surface area contributed by atoms with Crippen molar-refractivity contribution in [3.05, 3.63) is 42.0 Å². The molecule has 0 aromatic heterocycles. The number of rotatable bonds is 4. The van der Waals surface area contributed by atoms with Gasteiger partial charge in [-0.3, -0.25) is 0 Å². The van der Waals surface area contributed by atoms with Gasteiger partial charge in [0.05, 0.1) is 0 Å². The third kappa shape index (κ3) is 4.83. The highest BCUT2D eigenvalue weighted by Crippen LogP contribution is 2.20. The molecule has 0 saturated carbocycles. The van der Waals surface area contributed by atoms with Gasteiger partial charge in [0.25, 0.3) is 0 Å². The lowest BCUT2D eigenvalue weighted by molar-refractivity contribution is 0.665. The Hall–Kier alpha value is -1.04. The molecule has 0 spiro atoms. The summed E-state index contributed by atoms with van der Waals surface area (Å²) in [6, 6.07) is 8.68. The van der Waals surface area contributed by atoms with Crippen LogP contribution in [0, 0.1) is 0 Å². The number of hydrogen-bond donors (Lipinski definition) is 0. The summed E-state index contributed by atoms with van der Waals surface area (Å²) in [5, 5.41) is 0. The lowest BCUT2D eigenvalue weighted by Gasteiger charge is -2.10. The molecule has 0 nitrogen and oxygen atoms in total. The van der Waals surface area contributed by atoms with Crippen molar-refractivity contribution in [2.24, 2.45) is 0 Å². The van der Waals surface area contributed by atoms with Gasteiger partial charge in [-0.1, -0.05) is 71.0 Å². The molecule has 0 radical (unpaired) electrons. The predicted molar refractivity (Wildman–Crippen MR) is 71.2 cm³/mol. The molecule has 15 heavy (non-hydrogen) atoms. The molecule has 0 amide bonds. The van der Waals surface area contributed by atoms with E-state index in [1.807, 2.05) is 19.9 Å². The SMILES string of the molecule is C=Cc1ccc(C(C)CCC)cc1.CC. The molecule has 0 heterocycles. The van der Waals surface area contributed by atoms with Gasteiger partial charge in [-0.2, -0.15) is 0 Å². The van der Waals surface area contributed by atoms with E-state index in [1.54, 1.807) is 0 Å². The molecule has 0 fully saturated rings. The molecule has 1 rings (SSSR count). The Kier molecular flexibility index (Phi) is 7.71. The molecule has 0 heteroatoms. The minimum Gasteiger partial charge on any atom is -0.0985 e. The van der Waals surface area contributed by atoms with Gasteiger partial charge in [-0.05, 0) is 23.5 Å². The van der Waals surface area contributed by atoms with Crippen molar-refractivity contribution >= 4 is 6.08 Å². The van der Waals surface area contributed by atoms with Crippen LogP contribution in [0.2, 0.25) is 0 Å². The summed E-state index contributed by atoms with van der Waals surface area (Å²) in [4.78, 5) is 0. The highest BCUT2D eigenvalue weighted by atomic mass is 14.1. The van der Waals surface area contributed by atoms with Crippen LogP contribution in [0.15, 0.2) is 30.8 Å². The van der Waals surface area contributed by atoms with Crippen molar-refractivity contribution in [2.45, 2.75) is 46.5 Å². The first-order valence-corrected chi connectivity index (χ1v) is 6.00. The fraction of sp³-hybridized carbons (Fsp3) is 0.467. The third-order valence-electron chi connectivity index (χ3n) is 2.46. The molecular formula is C15H24. The third-order valence-corrected chi connectivity index (χ3v) is 2.46. The van der Waals surface area contributed by atoms with Gasteiger partial charge >= 0.3 is 0 Å². The zero-order valence-corrected chi connectivity index (χ0v) is 10.6. The molecule has 1 unspecified atom stereocenters. The maximum absolute atomic E-state index is 3.74. The second-order valence-corrected chi connectivity index (χ2v) is 3.56. The molecule has 0 aliphatic carbocycles. The molecule has 0 bridgehead atoms. The van der Waals surface area contributed by atoms with Gasteiger partial charge in [0, 0.05) is 0 Å². The van der Waals surface area contributed by atoms with Crippen LogP contribution >= 0.6 is 0 Å². The standard InChI is InChI=1S/C13H18.C2H6/c1-4-6-11(3)13-9-7-12(5-2)8-10-13;1-2/h5,7-11H,2,4,6H2,1,3H3;1-2H3. The van der Waals surface area contributed by atoms with E-state index in [9.17, 15) is 0 Å². The highest BCUT2D eigenvalue weighted by molar-refractivity contribution is 5.47. The molecule has 0 N–H and O–H groups in total. The van der Waals surface area contributed by atoms with E-state index in [2.05, 4.69) is 44.7 Å². The van der Waals surface area contributed by atoms with E-state index in [-0.39, 0.29) is 0 Å². The van der Waals surface area contributed by atoms with Crippen LogP contribution in [0.25, 0.3) is 6.08 Å². The largest absolute Gasteiger partial charge is 0.0985 e. The average Bonchev–Trinajstić information content (AvgIpc) is 2.32. The van der Waals surface area contributed by atoms with E-state index in [4.69, 9.17) is 0 Å². The first-order chi connectivity index (χ1) is 7.27. The predicted octanol–water partition coefficient (Wildman–Crippen LogP) is 5.26. The Morgan fingerprint density at radius 2 is 1.73 bits per heavy atom. The van der Waals surface area contributed by atoms with E-state index in [0.29, 0.717) is 5.92 Å². The lowest BCUT2D eigenvalue weighted by atomic mass is 9.96. The zero-order chi connectivity index (χ0) is 11.7. The monoisotopic (exact) mass is 204 g/mol. The van der Waals surface area contributed by atoms with Crippen molar-refractivity contribution in [3.63, 3.8) is 0 Å². The first kappa shape index (κ1) is 14.0. The van der Waals surface area contributed by atoms with Crippen LogP contribution in [0.5, 0.6) is 0 Å². The summed E-state index contributed by atoms with van der Waals surface area (Å²) >= 11 is 0. The summed E-state index contributed by atoms with van der Waals surface area (Å²) in [6.45, 7) is 12.3. The fourth-order valence-corrected chi connectivity index (χ4v) is 1.56. The Labute approximate surface area is 95.0 Å². The molecule has 1 aromatic rings. The maximum atomic E-state index is 3.74. The second kappa shape index (κ2) is 8.28. The second-order valence-electron chi connectivity index (χ2n) is 3.56. The Balaban J connectivity index is 0.000000921. The summed E-state index contributed by atoms with van der Waals surface area (Å²) in [5.41, 5.74) is 2.64. The molecule has 84 valence electrons. The van der Waals surface area contributed by atoms with Gasteiger partial charge in [-0.25, -0.2) is 0 Å². The molecule has 0 saturated heterocycles. The van der Waals surface area contributed by atoms with E-state index in [1.165, 1.54) is 24.0 Å². The van der Waals surface area contributed by atoms with Crippen LogP contribution < -0.4 is 0 Å². The van der Waals surface area contributed by atoms with Crippen LogP contribution in [0.3, 0.4) is 0 Å². The van der Waals surface area contributed by atoms with Gasteiger partial charge in [0.1, 0.15) is 0 Å². The minimum atomic E-state index is 0.684. The molecular weight excluding hydrogens is 180 g/mol. The van der Waals surface area contributed by atoms with Crippen molar-refractivity contribution in [3.8, 4) is 0 Å². The number of benzene rings is 1. The van der Waals surface area contributed by atoms with E-state index in [0.717, 1.165) is 0 Å². The normalized spacial score (nSPS) is 11.2. The Bertz CT molecular complexity index is 256. The molecule has 0 aliphatic rings. The smallest absolute Gasteiger partial charge is 0.0190 e. The van der Waals surface area contributed by atoms with Crippen molar-refractivity contribution in [1.29, 1.82) is 0 Å². The molecule has 0 aliphatic heterocycles. The van der Waals surface area contributed by atoms with Gasteiger partial charge in [0.15, 0.2) is 0 Å². The lowest BCUT2D eigenvalue weighted by Crippen LogP contribution is -1.92. The van der Waals surface area contributed by atoms with Gasteiger partial charge < -0.3 is 0 Å². The minimum absolute atomic E-state index is 0.684. The summed E-state index contributed by atoms with van der Waals surface area (Å²) < 4.78 is 0. The van der Waals surface area contributed by atoms with Crippen LogP contribution in [-0.4, -0.2) is 0 Å². The summed E-state index contributed by atoms with van der Waals surface area (Å²) in [5.74, 6) is 0.684. The van der Waals surface area contributed by atoms with Crippen molar-refractivity contribution in [2.75, 3.05) is 0 Å². The first-order valence-electron chi connectivity index (χ1n) is 6.00. The Morgan fingerprint density at radius 3 is 2.13 bits per heavy atom. The van der Waals surface area contributed by atoms with Gasteiger partial charge in [-0.15, -0.1) is 0 Å². The summed E-state index contributed by atoms with van der Waals surface area (Å²) in [6.07, 6.45) is 4.41. The van der Waals surface area contributed by atoms with Crippen LogP contribution in [-0.2, 0) is 0 Å². The van der Waals surface area contributed by atoms with Crippen molar-refractivity contribution < 1.29 is 0 Å². The van der Waals surface area contributed by atoms with E-state index < -0.39 is 0 Å². The Morgan fingerprint density at radius 1 is 1.20 bits per heavy atom. The van der Waals surface area contributed by atoms with Crippen LogP contribution in [0.1, 0.15) is 57.6 Å². The maximum Gasteiger partial charge on any atom is -0.0190 e. The van der Waals surface area contributed by atoms with E-state index >= 15 is 0 Å². The quantitative estimate of drug-likeness (QED) is 0.627. The van der Waals surface area contributed by atoms with Crippen LogP contribution in [0.4, 0.5) is 0 Å². The molecule has 1 aromatic carbocycles. The van der Waals surface area contributed by atoms with Crippen molar-refractivity contribution in [1.82, 2.24) is 0 Å². The zero-order valence-electron chi connectivity index (χ0n) is 10.6.